The molecule has 1 fully saturated rings. The van der Waals surface area contributed by atoms with Crippen LogP contribution in [-0.2, 0) is 9.53 Å². The van der Waals surface area contributed by atoms with Crippen molar-refractivity contribution in [3.8, 4) is 0 Å². The minimum absolute atomic E-state index is 0.100. The zero-order valence-electron chi connectivity index (χ0n) is 12.0. The summed E-state index contributed by atoms with van der Waals surface area (Å²) in [5.74, 6) is -0.100. The van der Waals surface area contributed by atoms with E-state index < -0.39 is 0 Å². The first-order valence-electron chi connectivity index (χ1n) is 7.58. The van der Waals surface area contributed by atoms with Gasteiger partial charge in [-0.15, -0.1) is 0 Å². The van der Waals surface area contributed by atoms with Crippen LogP contribution in [0.25, 0.3) is 10.9 Å². The normalized spacial score (nSPS) is 16.0. The van der Waals surface area contributed by atoms with Crippen molar-refractivity contribution < 1.29 is 9.53 Å². The lowest BCUT2D eigenvalue weighted by atomic mass is 9.98. The molecule has 0 aliphatic heterocycles. The molecular formula is C17H20N2O2. The molecule has 1 heterocycles. The number of fused-ring (bicyclic) bond motifs is 1. The van der Waals surface area contributed by atoms with Crippen LogP contribution in [-0.4, -0.2) is 23.6 Å². The number of aromatic nitrogens is 1. The van der Waals surface area contributed by atoms with Gasteiger partial charge in [-0.25, -0.2) is 0 Å². The molecular weight excluding hydrogens is 264 g/mol. The predicted molar refractivity (Wildman–Crippen MR) is 83.2 cm³/mol. The predicted octanol–water partition coefficient (Wildman–Crippen LogP) is 3.52. The largest absolute Gasteiger partial charge is 0.368 e. The van der Waals surface area contributed by atoms with Gasteiger partial charge < -0.3 is 10.1 Å². The van der Waals surface area contributed by atoms with E-state index in [2.05, 4.69) is 10.3 Å². The summed E-state index contributed by atoms with van der Waals surface area (Å²) in [5, 5.41) is 3.87. The minimum atomic E-state index is -0.100. The SMILES string of the molecule is O=C(COC1CCCCC1)Nc1cccc2ncccc12. The van der Waals surface area contributed by atoms with Crippen molar-refractivity contribution in [1.82, 2.24) is 4.98 Å². The van der Waals surface area contributed by atoms with Crippen molar-refractivity contribution in [3.05, 3.63) is 36.5 Å². The molecule has 0 atom stereocenters. The summed E-state index contributed by atoms with van der Waals surface area (Å²) in [7, 11) is 0. The summed E-state index contributed by atoms with van der Waals surface area (Å²) in [6.07, 6.45) is 7.85. The second kappa shape index (κ2) is 6.68. The molecule has 1 amide bonds. The highest BCUT2D eigenvalue weighted by atomic mass is 16.5. The summed E-state index contributed by atoms with van der Waals surface area (Å²) in [4.78, 5) is 16.3. The van der Waals surface area contributed by atoms with Crippen molar-refractivity contribution in [2.45, 2.75) is 38.2 Å². The first-order valence-corrected chi connectivity index (χ1v) is 7.58. The molecule has 4 nitrogen and oxygen atoms in total. The van der Waals surface area contributed by atoms with Crippen LogP contribution in [0, 0.1) is 0 Å². The van der Waals surface area contributed by atoms with E-state index in [9.17, 15) is 4.79 Å². The first kappa shape index (κ1) is 14.0. The third-order valence-electron chi connectivity index (χ3n) is 3.92. The monoisotopic (exact) mass is 284 g/mol. The van der Waals surface area contributed by atoms with E-state index in [-0.39, 0.29) is 18.6 Å². The number of hydrogen-bond donors (Lipinski definition) is 1. The van der Waals surface area contributed by atoms with Gasteiger partial charge in [0.25, 0.3) is 0 Å². The molecule has 0 radical (unpaired) electrons. The lowest BCUT2D eigenvalue weighted by Gasteiger charge is -2.21. The van der Waals surface area contributed by atoms with Gasteiger partial charge in [0.05, 0.1) is 17.3 Å². The van der Waals surface area contributed by atoms with Gasteiger partial charge in [-0.2, -0.15) is 0 Å². The number of benzene rings is 1. The van der Waals surface area contributed by atoms with E-state index in [0.29, 0.717) is 0 Å². The van der Waals surface area contributed by atoms with E-state index in [1.54, 1.807) is 6.20 Å². The summed E-state index contributed by atoms with van der Waals surface area (Å²) in [5.41, 5.74) is 1.67. The van der Waals surface area contributed by atoms with Crippen LogP contribution in [0.5, 0.6) is 0 Å². The molecule has 1 aliphatic rings. The molecule has 110 valence electrons. The van der Waals surface area contributed by atoms with Crippen LogP contribution in [0.4, 0.5) is 5.69 Å². The zero-order chi connectivity index (χ0) is 14.5. The van der Waals surface area contributed by atoms with E-state index in [1.807, 2.05) is 30.3 Å². The number of ether oxygens (including phenoxy) is 1. The number of nitrogens with one attached hydrogen (secondary N) is 1. The average molecular weight is 284 g/mol. The number of carbonyl (C=O) groups is 1. The molecule has 0 spiro atoms. The van der Waals surface area contributed by atoms with E-state index in [1.165, 1.54) is 19.3 Å². The molecule has 0 unspecified atom stereocenters. The Labute approximate surface area is 124 Å². The lowest BCUT2D eigenvalue weighted by Crippen LogP contribution is -2.24. The van der Waals surface area contributed by atoms with Crippen LogP contribution in [0.1, 0.15) is 32.1 Å². The smallest absolute Gasteiger partial charge is 0.250 e. The zero-order valence-corrected chi connectivity index (χ0v) is 12.0. The van der Waals surface area contributed by atoms with Gasteiger partial charge in [-0.05, 0) is 37.1 Å². The Balaban J connectivity index is 1.61. The highest BCUT2D eigenvalue weighted by molar-refractivity contribution is 6.01. The van der Waals surface area contributed by atoms with Gasteiger partial charge in [0.1, 0.15) is 6.61 Å². The highest BCUT2D eigenvalue weighted by Gasteiger charge is 2.15. The number of carbonyl (C=O) groups excluding carboxylic acids is 1. The van der Waals surface area contributed by atoms with Crippen molar-refractivity contribution in [2.75, 3.05) is 11.9 Å². The van der Waals surface area contributed by atoms with Crippen molar-refractivity contribution in [2.24, 2.45) is 0 Å². The minimum Gasteiger partial charge on any atom is -0.368 e. The van der Waals surface area contributed by atoms with Gasteiger partial charge in [0.2, 0.25) is 5.91 Å². The van der Waals surface area contributed by atoms with Crippen LogP contribution in [0.15, 0.2) is 36.5 Å². The Bertz CT molecular complexity index is 616. The van der Waals surface area contributed by atoms with Gasteiger partial charge in [-0.3, -0.25) is 9.78 Å². The summed E-state index contributed by atoms with van der Waals surface area (Å²) < 4.78 is 5.70. The first-order chi connectivity index (χ1) is 10.3. The standard InChI is InChI=1S/C17H20N2O2/c20-17(12-21-13-6-2-1-3-7-13)19-16-10-4-9-15-14(16)8-5-11-18-15/h4-5,8-11,13H,1-3,6-7,12H2,(H,19,20). The second-order valence-corrected chi connectivity index (χ2v) is 5.49. The van der Waals surface area contributed by atoms with E-state index in [4.69, 9.17) is 4.74 Å². The van der Waals surface area contributed by atoms with Crippen LogP contribution < -0.4 is 5.32 Å². The van der Waals surface area contributed by atoms with Gasteiger partial charge in [0.15, 0.2) is 0 Å². The number of amides is 1. The maximum absolute atomic E-state index is 12.0. The Morgan fingerprint density at radius 1 is 1.19 bits per heavy atom. The maximum Gasteiger partial charge on any atom is 0.250 e. The summed E-state index contributed by atoms with van der Waals surface area (Å²) in [6, 6.07) is 9.55. The summed E-state index contributed by atoms with van der Waals surface area (Å²) in [6.45, 7) is 0.126. The number of pyridine rings is 1. The molecule has 21 heavy (non-hydrogen) atoms. The molecule has 2 aromatic rings. The fourth-order valence-corrected chi connectivity index (χ4v) is 2.82. The highest BCUT2D eigenvalue weighted by Crippen LogP contribution is 2.22. The van der Waals surface area contributed by atoms with E-state index in [0.717, 1.165) is 29.4 Å². The Hall–Kier alpha value is -1.94. The Kier molecular flexibility index (Phi) is 4.46. The molecule has 0 bridgehead atoms. The van der Waals surface area contributed by atoms with E-state index >= 15 is 0 Å². The van der Waals surface area contributed by atoms with Crippen molar-refractivity contribution in [3.63, 3.8) is 0 Å². The fraction of sp³-hybridized carbons (Fsp3) is 0.412. The molecule has 1 aromatic heterocycles. The third kappa shape index (κ3) is 3.58. The molecule has 1 aliphatic carbocycles. The Morgan fingerprint density at radius 3 is 2.90 bits per heavy atom. The maximum atomic E-state index is 12.0. The number of rotatable bonds is 4. The summed E-state index contributed by atoms with van der Waals surface area (Å²) >= 11 is 0. The fourth-order valence-electron chi connectivity index (χ4n) is 2.82. The third-order valence-corrected chi connectivity index (χ3v) is 3.92. The molecule has 3 rings (SSSR count). The van der Waals surface area contributed by atoms with Crippen LogP contribution in [0.3, 0.4) is 0 Å². The van der Waals surface area contributed by atoms with Crippen molar-refractivity contribution in [1.29, 1.82) is 0 Å². The molecule has 0 saturated heterocycles. The number of anilines is 1. The van der Waals surface area contributed by atoms with Crippen LogP contribution in [0.2, 0.25) is 0 Å². The lowest BCUT2D eigenvalue weighted by molar-refractivity contribution is -0.123. The molecule has 1 saturated carbocycles. The van der Waals surface area contributed by atoms with Gasteiger partial charge in [0, 0.05) is 11.6 Å². The topological polar surface area (TPSA) is 51.2 Å². The quantitative estimate of drug-likeness (QED) is 0.934. The van der Waals surface area contributed by atoms with Crippen LogP contribution >= 0.6 is 0 Å². The second-order valence-electron chi connectivity index (χ2n) is 5.49. The average Bonchev–Trinajstić information content (AvgIpc) is 2.54. The van der Waals surface area contributed by atoms with Gasteiger partial charge in [-0.1, -0.05) is 25.3 Å². The number of hydrogen-bond acceptors (Lipinski definition) is 3. The Morgan fingerprint density at radius 2 is 2.05 bits per heavy atom. The molecule has 1 N–H and O–H groups in total. The van der Waals surface area contributed by atoms with Crippen molar-refractivity contribution >= 4 is 22.5 Å². The molecule has 1 aromatic carbocycles. The molecule has 4 heteroatoms. The van der Waals surface area contributed by atoms with Gasteiger partial charge >= 0.3 is 0 Å². The number of nitrogens with zero attached hydrogens (tertiary/aromatic N) is 1.